The highest BCUT2D eigenvalue weighted by molar-refractivity contribution is 8.15. The van der Waals surface area contributed by atoms with Crippen molar-refractivity contribution >= 4 is 46.1 Å². The fraction of sp³-hybridized carbons (Fsp3) is 0.273. The average Bonchev–Trinajstić information content (AvgIpc) is 3.01. The molecule has 0 aliphatic carbocycles. The lowest BCUT2D eigenvalue weighted by Crippen LogP contribution is -2.30. The lowest BCUT2D eigenvalue weighted by atomic mass is 10.2. The molecule has 1 N–H and O–H groups in total. The number of nitrogens with one attached hydrogen (secondary N) is 1. The number of amidine groups is 1. The van der Waals surface area contributed by atoms with Crippen molar-refractivity contribution in [2.24, 2.45) is 4.99 Å². The number of benzene rings is 2. The van der Waals surface area contributed by atoms with E-state index in [-0.39, 0.29) is 29.8 Å². The molecule has 0 aromatic heterocycles. The van der Waals surface area contributed by atoms with E-state index in [1.165, 1.54) is 36.2 Å². The highest BCUT2D eigenvalue weighted by Crippen LogP contribution is 2.34. The van der Waals surface area contributed by atoms with Gasteiger partial charge in [-0.15, -0.1) is 0 Å². The fourth-order valence-electron chi connectivity index (χ4n) is 2.94. The Morgan fingerprint density at radius 2 is 1.88 bits per heavy atom. The van der Waals surface area contributed by atoms with Crippen LogP contribution in [-0.4, -0.2) is 46.8 Å². The van der Waals surface area contributed by atoms with Crippen LogP contribution in [0.1, 0.15) is 29.3 Å². The summed E-state index contributed by atoms with van der Waals surface area (Å²) in [7, 11) is 1.45. The second-order valence-electron chi connectivity index (χ2n) is 7.00. The van der Waals surface area contributed by atoms with E-state index >= 15 is 0 Å². The molecular formula is C22H20F3N3O4S. The smallest absolute Gasteiger partial charge is 0.416 e. The highest BCUT2D eigenvalue weighted by atomic mass is 32.2. The molecule has 1 unspecified atom stereocenters. The summed E-state index contributed by atoms with van der Waals surface area (Å²) >= 11 is 1.01. The Bertz CT molecular complexity index is 1090. The molecule has 3 rings (SSSR count). The number of alkyl halides is 3. The van der Waals surface area contributed by atoms with Crippen LogP contribution in [0, 0.1) is 0 Å². The van der Waals surface area contributed by atoms with E-state index in [2.05, 4.69) is 10.3 Å². The molecule has 1 heterocycles. The Morgan fingerprint density at radius 3 is 2.52 bits per heavy atom. The van der Waals surface area contributed by atoms with Gasteiger partial charge in [-0.1, -0.05) is 17.8 Å². The number of carbonyl (C=O) groups excluding carboxylic acids is 3. The van der Waals surface area contributed by atoms with E-state index in [1.54, 1.807) is 19.1 Å². The van der Waals surface area contributed by atoms with Crippen LogP contribution in [0.15, 0.2) is 53.5 Å². The van der Waals surface area contributed by atoms with Gasteiger partial charge >= 0.3 is 12.1 Å². The van der Waals surface area contributed by atoms with E-state index in [1.807, 2.05) is 0 Å². The molecule has 0 saturated carbocycles. The zero-order valence-electron chi connectivity index (χ0n) is 17.7. The second-order valence-corrected chi connectivity index (χ2v) is 8.17. The molecule has 1 saturated heterocycles. The Balaban J connectivity index is 1.64. The summed E-state index contributed by atoms with van der Waals surface area (Å²) in [6, 6.07) is 10.6. The van der Waals surface area contributed by atoms with Crippen LogP contribution in [-0.2, 0) is 20.5 Å². The van der Waals surface area contributed by atoms with Crippen molar-refractivity contribution in [3.63, 3.8) is 0 Å². The Hall–Kier alpha value is -3.34. The molecule has 11 heteroatoms. The van der Waals surface area contributed by atoms with Crippen LogP contribution in [0.5, 0.6) is 0 Å². The number of thioether (sulfide) groups is 1. The molecular weight excluding hydrogens is 459 g/mol. The fourth-order valence-corrected chi connectivity index (χ4v) is 4.10. The van der Waals surface area contributed by atoms with Crippen molar-refractivity contribution < 1.29 is 32.3 Å². The molecule has 174 valence electrons. The minimum atomic E-state index is -4.50. The van der Waals surface area contributed by atoms with Gasteiger partial charge in [-0.05, 0) is 49.4 Å². The van der Waals surface area contributed by atoms with E-state index < -0.39 is 28.9 Å². The van der Waals surface area contributed by atoms with Gasteiger partial charge in [0.1, 0.15) is 5.25 Å². The minimum Gasteiger partial charge on any atom is -0.462 e. The van der Waals surface area contributed by atoms with Gasteiger partial charge in [0, 0.05) is 19.2 Å². The van der Waals surface area contributed by atoms with Crippen LogP contribution >= 0.6 is 11.8 Å². The Morgan fingerprint density at radius 1 is 1.18 bits per heavy atom. The SMILES string of the molecule is CCOC(=O)c1ccc(NC(=O)CC2SC(=Nc3cccc(C(F)(F)F)c3)N(C)C2=O)cc1. The maximum Gasteiger partial charge on any atom is 0.416 e. The lowest BCUT2D eigenvalue weighted by molar-refractivity contribution is -0.137. The number of carbonyl (C=O) groups is 3. The summed E-state index contributed by atoms with van der Waals surface area (Å²) in [5.41, 5.74) is -0.00635. The summed E-state index contributed by atoms with van der Waals surface area (Å²) in [6.45, 7) is 1.94. The van der Waals surface area contributed by atoms with Gasteiger partial charge < -0.3 is 10.1 Å². The molecule has 0 radical (unpaired) electrons. The van der Waals surface area contributed by atoms with Crippen LogP contribution in [0.2, 0.25) is 0 Å². The Kier molecular flexibility index (Phi) is 7.42. The molecule has 2 aromatic rings. The maximum absolute atomic E-state index is 12.9. The maximum atomic E-state index is 12.9. The Labute approximate surface area is 192 Å². The molecule has 1 atom stereocenters. The zero-order chi connectivity index (χ0) is 24.2. The van der Waals surface area contributed by atoms with Gasteiger partial charge in [-0.2, -0.15) is 13.2 Å². The standard InChI is InChI=1S/C22H20F3N3O4S/c1-3-32-20(31)13-7-9-15(10-8-13)26-18(29)12-17-19(30)28(2)21(33-17)27-16-6-4-5-14(11-16)22(23,24)25/h4-11,17H,3,12H2,1-2H3,(H,26,29). The van der Waals surface area contributed by atoms with Gasteiger partial charge in [0.15, 0.2) is 5.17 Å². The summed E-state index contributed by atoms with van der Waals surface area (Å²) in [6.07, 6.45) is -4.66. The van der Waals surface area contributed by atoms with Crippen LogP contribution < -0.4 is 5.32 Å². The first-order chi connectivity index (χ1) is 15.6. The number of hydrogen-bond donors (Lipinski definition) is 1. The molecule has 1 aliphatic heterocycles. The second kappa shape index (κ2) is 10.1. The molecule has 1 aliphatic rings. The molecule has 7 nitrogen and oxygen atoms in total. The zero-order valence-corrected chi connectivity index (χ0v) is 18.5. The number of nitrogens with zero attached hydrogens (tertiary/aromatic N) is 2. The van der Waals surface area contributed by atoms with E-state index in [0.29, 0.717) is 11.3 Å². The van der Waals surface area contributed by atoms with Crippen molar-refractivity contribution in [2.75, 3.05) is 19.0 Å². The number of amides is 2. The van der Waals surface area contributed by atoms with Gasteiger partial charge in [-0.3, -0.25) is 14.5 Å². The first-order valence-electron chi connectivity index (χ1n) is 9.85. The third-order valence-electron chi connectivity index (χ3n) is 4.59. The largest absolute Gasteiger partial charge is 0.462 e. The highest BCUT2D eigenvalue weighted by Gasteiger charge is 2.37. The third kappa shape index (κ3) is 6.13. The molecule has 0 bridgehead atoms. The van der Waals surface area contributed by atoms with Crippen LogP contribution in [0.25, 0.3) is 0 Å². The molecule has 0 spiro atoms. The summed E-state index contributed by atoms with van der Waals surface area (Å²) in [5, 5.41) is 2.09. The molecule has 33 heavy (non-hydrogen) atoms. The molecule has 2 aromatic carbocycles. The predicted molar refractivity (Wildman–Crippen MR) is 118 cm³/mol. The summed E-state index contributed by atoms with van der Waals surface area (Å²) in [5.74, 6) is -1.28. The van der Waals surface area contributed by atoms with Gasteiger partial charge in [0.25, 0.3) is 0 Å². The van der Waals surface area contributed by atoms with Gasteiger partial charge in [0.2, 0.25) is 11.8 Å². The van der Waals surface area contributed by atoms with Crippen molar-refractivity contribution in [1.82, 2.24) is 4.90 Å². The number of aliphatic imine (C=N–C) groups is 1. The minimum absolute atomic E-state index is 0.0544. The van der Waals surface area contributed by atoms with Crippen molar-refractivity contribution in [1.29, 1.82) is 0 Å². The lowest BCUT2D eigenvalue weighted by Gasteiger charge is -2.10. The first kappa shape index (κ1) is 24.3. The first-order valence-corrected chi connectivity index (χ1v) is 10.7. The van der Waals surface area contributed by atoms with Gasteiger partial charge in [0.05, 0.1) is 23.4 Å². The summed E-state index contributed by atoms with van der Waals surface area (Å²) < 4.78 is 43.6. The third-order valence-corrected chi connectivity index (χ3v) is 5.82. The summed E-state index contributed by atoms with van der Waals surface area (Å²) in [4.78, 5) is 42.0. The number of ether oxygens (including phenoxy) is 1. The van der Waals surface area contributed by atoms with E-state index in [0.717, 1.165) is 23.9 Å². The number of anilines is 1. The quantitative estimate of drug-likeness (QED) is 0.618. The van der Waals surface area contributed by atoms with Crippen LogP contribution in [0.4, 0.5) is 24.5 Å². The molecule has 2 amide bonds. The predicted octanol–water partition coefficient (Wildman–Crippen LogP) is 4.47. The monoisotopic (exact) mass is 479 g/mol. The van der Waals surface area contributed by atoms with Crippen LogP contribution in [0.3, 0.4) is 0 Å². The number of rotatable bonds is 6. The average molecular weight is 479 g/mol. The van der Waals surface area contributed by atoms with Gasteiger partial charge in [-0.25, -0.2) is 9.79 Å². The molecule has 1 fully saturated rings. The van der Waals surface area contributed by atoms with E-state index in [4.69, 9.17) is 4.74 Å². The van der Waals surface area contributed by atoms with Crippen molar-refractivity contribution in [3.8, 4) is 0 Å². The normalized spacial score (nSPS) is 17.4. The van der Waals surface area contributed by atoms with E-state index in [9.17, 15) is 27.6 Å². The number of halogens is 3. The topological polar surface area (TPSA) is 88.1 Å². The van der Waals surface area contributed by atoms with Crippen molar-refractivity contribution in [2.45, 2.75) is 24.8 Å². The number of esters is 1. The van der Waals surface area contributed by atoms with Crippen molar-refractivity contribution in [3.05, 3.63) is 59.7 Å². The number of hydrogen-bond acceptors (Lipinski definition) is 6.